The van der Waals surface area contributed by atoms with E-state index in [0.717, 1.165) is 5.56 Å². The van der Waals surface area contributed by atoms with Crippen molar-refractivity contribution in [2.45, 2.75) is 11.8 Å². The maximum Gasteiger partial charge on any atom is 0.261 e. The van der Waals surface area contributed by atoms with Gasteiger partial charge in [-0.15, -0.1) is 0 Å². The SMILES string of the molecule is C=Cc1ccccc1C(=N)c1cc(S(=O)(=O)Nc2cnc(Cl)cc2C)ccc1Cl. The summed E-state index contributed by atoms with van der Waals surface area (Å²) in [6.07, 6.45) is 2.99. The van der Waals surface area contributed by atoms with E-state index in [4.69, 9.17) is 28.6 Å². The first-order valence-electron chi connectivity index (χ1n) is 8.48. The zero-order valence-electron chi connectivity index (χ0n) is 15.4. The van der Waals surface area contributed by atoms with E-state index in [2.05, 4.69) is 16.3 Å². The van der Waals surface area contributed by atoms with Crippen LogP contribution in [0.3, 0.4) is 0 Å². The van der Waals surface area contributed by atoms with E-state index >= 15 is 0 Å². The molecule has 148 valence electrons. The Balaban J connectivity index is 2.02. The summed E-state index contributed by atoms with van der Waals surface area (Å²) in [5.41, 5.74) is 2.71. The van der Waals surface area contributed by atoms with Crippen LogP contribution >= 0.6 is 23.2 Å². The second kappa shape index (κ2) is 8.37. The Hall–Kier alpha value is -2.67. The van der Waals surface area contributed by atoms with Crippen LogP contribution in [0, 0.1) is 12.3 Å². The minimum Gasteiger partial charge on any atom is -0.300 e. The molecule has 0 aliphatic heterocycles. The molecule has 29 heavy (non-hydrogen) atoms. The lowest BCUT2D eigenvalue weighted by Crippen LogP contribution is -2.15. The van der Waals surface area contributed by atoms with Crippen molar-refractivity contribution in [2.24, 2.45) is 0 Å². The van der Waals surface area contributed by atoms with Gasteiger partial charge in [-0.3, -0.25) is 10.1 Å². The quantitative estimate of drug-likeness (QED) is 0.384. The Kier molecular flexibility index (Phi) is 6.07. The molecule has 0 unspecified atom stereocenters. The number of aryl methyl sites for hydroxylation is 1. The Bertz CT molecular complexity index is 1220. The molecular weight excluding hydrogens is 429 g/mol. The van der Waals surface area contributed by atoms with Gasteiger partial charge in [-0.25, -0.2) is 13.4 Å². The van der Waals surface area contributed by atoms with Crippen LogP contribution in [-0.2, 0) is 10.0 Å². The lowest BCUT2D eigenvalue weighted by molar-refractivity contribution is 0.601. The number of hydrogen-bond acceptors (Lipinski definition) is 4. The van der Waals surface area contributed by atoms with Crippen LogP contribution in [-0.4, -0.2) is 19.1 Å². The molecule has 0 spiro atoms. The summed E-state index contributed by atoms with van der Waals surface area (Å²) >= 11 is 12.1. The molecule has 8 heteroatoms. The fourth-order valence-corrected chi connectivity index (χ4v) is 4.31. The first kappa shape index (κ1) is 21.0. The van der Waals surface area contributed by atoms with Crippen molar-refractivity contribution in [2.75, 3.05) is 4.72 Å². The third kappa shape index (κ3) is 4.50. The second-order valence-corrected chi connectivity index (χ2v) is 8.71. The van der Waals surface area contributed by atoms with Crippen LogP contribution in [0.15, 0.2) is 66.2 Å². The average Bonchev–Trinajstić information content (AvgIpc) is 2.69. The highest BCUT2D eigenvalue weighted by atomic mass is 35.5. The van der Waals surface area contributed by atoms with Gasteiger partial charge < -0.3 is 0 Å². The first-order chi connectivity index (χ1) is 13.7. The van der Waals surface area contributed by atoms with Crippen LogP contribution in [0.4, 0.5) is 5.69 Å². The van der Waals surface area contributed by atoms with Gasteiger partial charge in [-0.2, -0.15) is 0 Å². The summed E-state index contributed by atoms with van der Waals surface area (Å²) in [7, 11) is -3.93. The molecule has 0 fully saturated rings. The van der Waals surface area contributed by atoms with Gasteiger partial charge in [0, 0.05) is 11.1 Å². The van der Waals surface area contributed by atoms with E-state index < -0.39 is 10.0 Å². The van der Waals surface area contributed by atoms with Gasteiger partial charge in [0.2, 0.25) is 0 Å². The van der Waals surface area contributed by atoms with Gasteiger partial charge in [0.25, 0.3) is 10.0 Å². The van der Waals surface area contributed by atoms with Crippen LogP contribution in [0.1, 0.15) is 22.3 Å². The van der Waals surface area contributed by atoms with Crippen molar-refractivity contribution in [3.8, 4) is 0 Å². The number of sulfonamides is 1. The van der Waals surface area contributed by atoms with Crippen molar-refractivity contribution in [3.63, 3.8) is 0 Å². The number of rotatable bonds is 6. The number of benzene rings is 2. The summed E-state index contributed by atoms with van der Waals surface area (Å²) in [6, 6.07) is 13.0. The highest BCUT2D eigenvalue weighted by Crippen LogP contribution is 2.27. The minimum absolute atomic E-state index is 0.0212. The topological polar surface area (TPSA) is 82.9 Å². The minimum atomic E-state index is -3.93. The zero-order valence-corrected chi connectivity index (χ0v) is 17.7. The molecule has 1 heterocycles. The van der Waals surface area contributed by atoms with Crippen LogP contribution in [0.25, 0.3) is 6.08 Å². The Morgan fingerprint density at radius 2 is 1.86 bits per heavy atom. The van der Waals surface area contributed by atoms with E-state index in [1.54, 1.807) is 31.2 Å². The van der Waals surface area contributed by atoms with Gasteiger partial charge in [0.05, 0.1) is 27.5 Å². The molecule has 2 aromatic carbocycles. The lowest BCUT2D eigenvalue weighted by Gasteiger charge is -2.14. The third-order valence-electron chi connectivity index (χ3n) is 4.29. The number of hydrogen-bond donors (Lipinski definition) is 2. The normalized spacial score (nSPS) is 11.1. The molecule has 0 bridgehead atoms. The smallest absolute Gasteiger partial charge is 0.261 e. The standard InChI is InChI=1S/C21H17Cl2N3O2S/c1-3-14-6-4-5-7-16(14)21(24)17-11-15(8-9-18(17)22)29(27,28)26-19-12-25-20(23)10-13(19)2/h3-12,24,26H,1H2,2H3. The molecule has 0 radical (unpaired) electrons. The molecule has 5 nitrogen and oxygen atoms in total. The zero-order chi connectivity index (χ0) is 21.2. The van der Waals surface area contributed by atoms with Crippen LogP contribution < -0.4 is 4.72 Å². The Morgan fingerprint density at radius 1 is 1.14 bits per heavy atom. The maximum absolute atomic E-state index is 12.9. The fourth-order valence-electron chi connectivity index (χ4n) is 2.74. The Labute approximate surface area is 179 Å². The summed E-state index contributed by atoms with van der Waals surface area (Å²) in [4.78, 5) is 3.89. The summed E-state index contributed by atoms with van der Waals surface area (Å²) in [5, 5.41) is 9.11. The van der Waals surface area contributed by atoms with E-state index in [1.807, 2.05) is 12.1 Å². The molecule has 0 atom stereocenters. The predicted molar refractivity (Wildman–Crippen MR) is 119 cm³/mol. The number of pyridine rings is 1. The third-order valence-corrected chi connectivity index (χ3v) is 6.19. The molecule has 0 saturated heterocycles. The molecule has 0 aliphatic carbocycles. The van der Waals surface area contributed by atoms with Gasteiger partial charge in [-0.05, 0) is 42.3 Å². The van der Waals surface area contributed by atoms with Crippen molar-refractivity contribution in [1.82, 2.24) is 4.98 Å². The predicted octanol–water partition coefficient (Wildman–Crippen LogP) is 5.56. The lowest BCUT2D eigenvalue weighted by atomic mass is 9.97. The first-order valence-corrected chi connectivity index (χ1v) is 10.7. The van der Waals surface area contributed by atoms with Crippen molar-refractivity contribution in [3.05, 3.63) is 93.7 Å². The highest BCUT2D eigenvalue weighted by molar-refractivity contribution is 7.92. The van der Waals surface area contributed by atoms with Gasteiger partial charge in [0.15, 0.2) is 0 Å². The van der Waals surface area contributed by atoms with E-state index in [-0.39, 0.29) is 20.8 Å². The molecule has 2 N–H and O–H groups in total. The van der Waals surface area contributed by atoms with Gasteiger partial charge in [-0.1, -0.05) is 60.1 Å². The van der Waals surface area contributed by atoms with E-state index in [1.165, 1.54) is 24.4 Å². The maximum atomic E-state index is 12.9. The van der Waals surface area contributed by atoms with E-state index in [0.29, 0.717) is 22.4 Å². The highest BCUT2D eigenvalue weighted by Gasteiger charge is 2.20. The number of halogens is 2. The number of nitrogens with one attached hydrogen (secondary N) is 2. The molecule has 0 saturated carbocycles. The Morgan fingerprint density at radius 3 is 2.55 bits per heavy atom. The van der Waals surface area contributed by atoms with Gasteiger partial charge in [0.1, 0.15) is 5.15 Å². The summed E-state index contributed by atoms with van der Waals surface area (Å²) < 4.78 is 28.3. The molecular formula is C21H17Cl2N3O2S. The van der Waals surface area contributed by atoms with Gasteiger partial charge >= 0.3 is 0 Å². The monoisotopic (exact) mass is 445 g/mol. The largest absolute Gasteiger partial charge is 0.300 e. The van der Waals surface area contributed by atoms with Crippen molar-refractivity contribution in [1.29, 1.82) is 5.41 Å². The summed E-state index contributed by atoms with van der Waals surface area (Å²) in [6.45, 7) is 5.48. The second-order valence-electron chi connectivity index (χ2n) is 6.24. The molecule has 3 aromatic rings. The average molecular weight is 446 g/mol. The van der Waals surface area contributed by atoms with Crippen molar-refractivity contribution >= 4 is 50.7 Å². The van der Waals surface area contributed by atoms with Crippen LogP contribution in [0.5, 0.6) is 0 Å². The van der Waals surface area contributed by atoms with Crippen LogP contribution in [0.2, 0.25) is 10.2 Å². The van der Waals surface area contributed by atoms with Crippen molar-refractivity contribution < 1.29 is 8.42 Å². The molecule has 0 amide bonds. The molecule has 0 aliphatic rings. The van der Waals surface area contributed by atoms with E-state index in [9.17, 15) is 8.42 Å². The fraction of sp³-hybridized carbons (Fsp3) is 0.0476. The number of anilines is 1. The number of aromatic nitrogens is 1. The molecule has 1 aromatic heterocycles. The molecule has 3 rings (SSSR count). The summed E-state index contributed by atoms with van der Waals surface area (Å²) in [5.74, 6) is 0. The number of nitrogens with zero attached hydrogens (tertiary/aromatic N) is 1.